The van der Waals surface area contributed by atoms with E-state index < -0.39 is 0 Å². The number of benzene rings is 2. The molecule has 0 aliphatic carbocycles. The predicted octanol–water partition coefficient (Wildman–Crippen LogP) is 4.04. The van der Waals surface area contributed by atoms with Gasteiger partial charge in [0.2, 0.25) is 5.88 Å². The smallest absolute Gasteiger partial charge is 0.317 e. The Morgan fingerprint density at radius 2 is 1.82 bits per heavy atom. The van der Waals surface area contributed by atoms with Crippen LogP contribution in [0, 0.1) is 0 Å². The molecule has 2 aromatic carbocycles. The number of likely N-dealkylation sites (tertiary alicyclic amines) is 1. The van der Waals surface area contributed by atoms with Gasteiger partial charge in [-0.25, -0.2) is 14.8 Å². The first-order valence-electron chi connectivity index (χ1n) is 9.33. The number of nitrogens with zero attached hydrogens (tertiary/aromatic N) is 3. The van der Waals surface area contributed by atoms with E-state index in [9.17, 15) is 4.79 Å². The molecule has 0 atom stereocenters. The number of amides is 2. The van der Waals surface area contributed by atoms with E-state index in [1.807, 2.05) is 53.4 Å². The number of hydrogen-bond acceptors (Lipinski definition) is 4. The highest BCUT2D eigenvalue weighted by Crippen LogP contribution is 2.19. The molecule has 0 radical (unpaired) electrons. The molecule has 4 rings (SSSR count). The molecule has 28 heavy (non-hydrogen) atoms. The molecule has 1 aliphatic rings. The van der Waals surface area contributed by atoms with Gasteiger partial charge in [-0.3, -0.25) is 0 Å². The molecule has 7 heteroatoms. The molecule has 1 N–H and O–H groups in total. The first-order chi connectivity index (χ1) is 13.7. The maximum atomic E-state index is 12.4. The van der Waals surface area contributed by atoms with Gasteiger partial charge < -0.3 is 15.0 Å². The Morgan fingerprint density at radius 1 is 1.11 bits per heavy atom. The molecule has 0 saturated carbocycles. The highest BCUT2D eigenvalue weighted by molar-refractivity contribution is 6.30. The summed E-state index contributed by atoms with van der Waals surface area (Å²) >= 11 is 5.88. The Balaban J connectivity index is 1.26. The zero-order valence-corrected chi connectivity index (χ0v) is 16.1. The maximum Gasteiger partial charge on any atom is 0.317 e. The van der Waals surface area contributed by atoms with Crippen molar-refractivity contribution in [3.05, 3.63) is 65.3 Å². The van der Waals surface area contributed by atoms with Crippen LogP contribution in [0.2, 0.25) is 5.02 Å². The summed E-state index contributed by atoms with van der Waals surface area (Å²) in [7, 11) is 0. The highest BCUT2D eigenvalue weighted by atomic mass is 35.5. The van der Waals surface area contributed by atoms with E-state index >= 15 is 0 Å². The predicted molar refractivity (Wildman–Crippen MR) is 108 cm³/mol. The number of piperidine rings is 1. The molecule has 6 nitrogen and oxygen atoms in total. The number of aromatic nitrogens is 2. The molecule has 1 aromatic heterocycles. The SMILES string of the molecule is O=C(NCc1ccc(Cl)cc1)N1CCC(Oc2cnc3ccccc3n2)CC1. The minimum Gasteiger partial charge on any atom is -0.473 e. The topological polar surface area (TPSA) is 67.4 Å². The van der Waals surface area contributed by atoms with Crippen LogP contribution in [0.15, 0.2) is 54.7 Å². The van der Waals surface area contributed by atoms with Crippen molar-refractivity contribution in [2.24, 2.45) is 0 Å². The van der Waals surface area contributed by atoms with Crippen molar-refractivity contribution in [2.75, 3.05) is 13.1 Å². The van der Waals surface area contributed by atoms with Gasteiger partial charge in [-0.2, -0.15) is 0 Å². The number of urea groups is 1. The fourth-order valence-electron chi connectivity index (χ4n) is 3.24. The van der Waals surface area contributed by atoms with E-state index in [-0.39, 0.29) is 12.1 Å². The van der Waals surface area contributed by atoms with Crippen LogP contribution < -0.4 is 10.1 Å². The van der Waals surface area contributed by atoms with Crippen LogP contribution in [0.4, 0.5) is 4.79 Å². The number of fused-ring (bicyclic) bond motifs is 1. The van der Waals surface area contributed by atoms with Gasteiger partial charge in [0, 0.05) is 37.5 Å². The molecule has 144 valence electrons. The quantitative estimate of drug-likeness (QED) is 0.722. The van der Waals surface area contributed by atoms with Gasteiger partial charge in [-0.15, -0.1) is 0 Å². The van der Waals surface area contributed by atoms with Gasteiger partial charge in [-0.05, 0) is 29.8 Å². The third-order valence-electron chi connectivity index (χ3n) is 4.80. The summed E-state index contributed by atoms with van der Waals surface area (Å²) in [5.74, 6) is 0.532. The summed E-state index contributed by atoms with van der Waals surface area (Å²) in [6, 6.07) is 15.1. The minimum atomic E-state index is -0.0566. The van der Waals surface area contributed by atoms with E-state index in [1.54, 1.807) is 6.20 Å². The monoisotopic (exact) mass is 396 g/mol. The number of hydrogen-bond donors (Lipinski definition) is 1. The van der Waals surface area contributed by atoms with Gasteiger partial charge in [0.15, 0.2) is 0 Å². The average molecular weight is 397 g/mol. The number of carbonyl (C=O) groups is 1. The molecular formula is C21H21ClN4O2. The van der Waals surface area contributed by atoms with Gasteiger partial charge in [-0.1, -0.05) is 35.9 Å². The first kappa shape index (κ1) is 18.5. The molecular weight excluding hydrogens is 376 g/mol. The first-order valence-corrected chi connectivity index (χ1v) is 9.71. The Morgan fingerprint density at radius 3 is 2.57 bits per heavy atom. The fourth-order valence-corrected chi connectivity index (χ4v) is 3.36. The maximum absolute atomic E-state index is 12.4. The number of rotatable bonds is 4. The number of ether oxygens (including phenoxy) is 1. The van der Waals surface area contributed by atoms with E-state index in [0.717, 1.165) is 29.4 Å². The van der Waals surface area contributed by atoms with E-state index in [0.29, 0.717) is 30.5 Å². The van der Waals surface area contributed by atoms with Crippen molar-refractivity contribution in [1.29, 1.82) is 0 Å². The lowest BCUT2D eigenvalue weighted by Crippen LogP contribution is -2.46. The van der Waals surface area contributed by atoms with Gasteiger partial charge in [0.25, 0.3) is 0 Å². The number of carbonyl (C=O) groups excluding carboxylic acids is 1. The zero-order chi connectivity index (χ0) is 19.3. The van der Waals surface area contributed by atoms with Crippen molar-refractivity contribution in [3.63, 3.8) is 0 Å². The van der Waals surface area contributed by atoms with Crippen LogP contribution in [-0.4, -0.2) is 40.1 Å². The summed E-state index contributed by atoms with van der Waals surface area (Å²) in [5, 5.41) is 3.64. The Labute approximate surface area is 168 Å². The molecule has 0 bridgehead atoms. The molecule has 1 fully saturated rings. The third kappa shape index (κ3) is 4.51. The van der Waals surface area contributed by atoms with Crippen LogP contribution in [0.5, 0.6) is 5.88 Å². The lowest BCUT2D eigenvalue weighted by Gasteiger charge is -2.31. The van der Waals surface area contributed by atoms with Gasteiger partial charge in [0.05, 0.1) is 17.2 Å². The molecule has 1 saturated heterocycles. The number of nitrogens with one attached hydrogen (secondary N) is 1. The molecule has 2 heterocycles. The normalized spacial score (nSPS) is 14.8. The van der Waals surface area contributed by atoms with E-state index in [2.05, 4.69) is 15.3 Å². The van der Waals surface area contributed by atoms with Crippen LogP contribution in [-0.2, 0) is 6.54 Å². The van der Waals surface area contributed by atoms with Gasteiger partial charge in [0.1, 0.15) is 6.10 Å². The minimum absolute atomic E-state index is 0.0378. The highest BCUT2D eigenvalue weighted by Gasteiger charge is 2.24. The molecule has 3 aromatic rings. The lowest BCUT2D eigenvalue weighted by molar-refractivity contribution is 0.107. The summed E-state index contributed by atoms with van der Waals surface area (Å²) < 4.78 is 5.99. The second kappa shape index (κ2) is 8.44. The van der Waals surface area contributed by atoms with Crippen LogP contribution in [0.25, 0.3) is 11.0 Å². The average Bonchev–Trinajstić information content (AvgIpc) is 2.73. The van der Waals surface area contributed by atoms with Crippen molar-refractivity contribution in [2.45, 2.75) is 25.5 Å². The third-order valence-corrected chi connectivity index (χ3v) is 5.05. The summed E-state index contributed by atoms with van der Waals surface area (Å²) in [6.07, 6.45) is 3.23. The lowest BCUT2D eigenvalue weighted by atomic mass is 10.1. The Hall–Kier alpha value is -2.86. The van der Waals surface area contributed by atoms with Crippen molar-refractivity contribution < 1.29 is 9.53 Å². The second-order valence-corrected chi connectivity index (χ2v) is 7.22. The van der Waals surface area contributed by atoms with Crippen LogP contribution in [0.3, 0.4) is 0 Å². The summed E-state index contributed by atoms with van der Waals surface area (Å²) in [5.41, 5.74) is 2.69. The van der Waals surface area contributed by atoms with Crippen molar-refractivity contribution in [1.82, 2.24) is 20.2 Å². The molecule has 1 aliphatic heterocycles. The number of halogens is 1. The van der Waals surface area contributed by atoms with E-state index in [4.69, 9.17) is 16.3 Å². The standard InChI is InChI=1S/C21H21ClN4O2/c22-16-7-5-15(6-8-16)13-24-21(27)26-11-9-17(10-12-26)28-20-14-23-18-3-1-2-4-19(18)25-20/h1-8,14,17H,9-13H2,(H,24,27). The van der Waals surface area contributed by atoms with Crippen LogP contribution in [0.1, 0.15) is 18.4 Å². The van der Waals surface area contributed by atoms with Gasteiger partial charge >= 0.3 is 6.03 Å². The Kier molecular flexibility index (Phi) is 5.58. The number of para-hydroxylation sites is 2. The largest absolute Gasteiger partial charge is 0.473 e. The zero-order valence-electron chi connectivity index (χ0n) is 15.3. The van der Waals surface area contributed by atoms with E-state index in [1.165, 1.54) is 0 Å². The fraction of sp³-hybridized carbons (Fsp3) is 0.286. The molecule has 0 unspecified atom stereocenters. The summed E-state index contributed by atoms with van der Waals surface area (Å²) in [6.45, 7) is 1.79. The Bertz CT molecular complexity index is 956. The second-order valence-electron chi connectivity index (χ2n) is 6.79. The van der Waals surface area contributed by atoms with Crippen molar-refractivity contribution >= 4 is 28.7 Å². The van der Waals surface area contributed by atoms with Crippen molar-refractivity contribution in [3.8, 4) is 5.88 Å². The van der Waals surface area contributed by atoms with Crippen LogP contribution >= 0.6 is 11.6 Å². The molecule has 2 amide bonds. The summed E-state index contributed by atoms with van der Waals surface area (Å²) in [4.78, 5) is 23.1. The molecule has 0 spiro atoms.